The van der Waals surface area contributed by atoms with Gasteiger partial charge < -0.3 is 4.74 Å². The molecule has 142 valence electrons. The molecule has 0 spiro atoms. The number of halogens is 1. The largest absolute Gasteiger partial charge is 0.492 e. The highest BCUT2D eigenvalue weighted by Crippen LogP contribution is 2.33. The third kappa shape index (κ3) is 4.50. The van der Waals surface area contributed by atoms with Gasteiger partial charge in [0.2, 0.25) is 10.0 Å². The molecule has 2 aromatic carbocycles. The van der Waals surface area contributed by atoms with Crippen molar-refractivity contribution in [1.29, 1.82) is 0 Å². The van der Waals surface area contributed by atoms with E-state index in [1.165, 1.54) is 17.4 Å². The van der Waals surface area contributed by atoms with E-state index < -0.39 is 10.0 Å². The first kappa shape index (κ1) is 19.8. The second-order valence-corrected chi connectivity index (χ2v) is 8.94. The van der Waals surface area contributed by atoms with E-state index in [0.717, 1.165) is 21.1 Å². The molecule has 0 aliphatic rings. The first-order valence-corrected chi connectivity index (χ1v) is 11.0. The number of aryl methyl sites for hydroxylation is 1. The minimum Gasteiger partial charge on any atom is -0.492 e. The van der Waals surface area contributed by atoms with Crippen LogP contribution in [0.2, 0.25) is 5.02 Å². The van der Waals surface area contributed by atoms with Gasteiger partial charge in [-0.25, -0.2) is 18.1 Å². The van der Waals surface area contributed by atoms with Gasteiger partial charge in [-0.3, -0.25) is 0 Å². The van der Waals surface area contributed by atoms with Gasteiger partial charge in [0.25, 0.3) is 0 Å². The lowest BCUT2D eigenvalue weighted by Crippen LogP contribution is -2.23. The minimum atomic E-state index is -3.71. The Bertz CT molecular complexity index is 1050. The van der Waals surface area contributed by atoms with Gasteiger partial charge in [0, 0.05) is 17.0 Å². The number of rotatable bonds is 7. The van der Waals surface area contributed by atoms with Crippen LogP contribution in [-0.2, 0) is 16.6 Å². The van der Waals surface area contributed by atoms with Crippen molar-refractivity contribution in [2.45, 2.75) is 25.3 Å². The minimum absolute atomic E-state index is 0.125. The second-order valence-electron chi connectivity index (χ2n) is 5.71. The van der Waals surface area contributed by atoms with Gasteiger partial charge >= 0.3 is 0 Å². The summed E-state index contributed by atoms with van der Waals surface area (Å²) in [4.78, 5) is 5.50. The van der Waals surface area contributed by atoms with Crippen LogP contribution < -0.4 is 9.46 Å². The van der Waals surface area contributed by atoms with Crippen molar-refractivity contribution >= 4 is 33.0 Å². The maximum Gasteiger partial charge on any atom is 0.244 e. The van der Waals surface area contributed by atoms with E-state index in [0.29, 0.717) is 17.4 Å². The number of hydrogen-bond donors (Lipinski definition) is 1. The molecule has 0 amide bonds. The van der Waals surface area contributed by atoms with E-state index in [9.17, 15) is 8.42 Å². The molecule has 0 aliphatic carbocycles. The summed E-state index contributed by atoms with van der Waals surface area (Å²) in [6.07, 6.45) is 0. The Morgan fingerprint density at radius 1 is 1.15 bits per heavy atom. The predicted octanol–water partition coefficient (Wildman–Crippen LogP) is 4.65. The van der Waals surface area contributed by atoms with E-state index in [1.54, 1.807) is 24.3 Å². The maximum absolute atomic E-state index is 12.7. The van der Waals surface area contributed by atoms with Crippen LogP contribution in [0.25, 0.3) is 10.6 Å². The standard InChI is InChI=1S/C19H19ClN2O3S2/c1-3-25-16-10-6-7-11-18(16)27(23,24)21-12-17-13(2)22-19(26-17)14-8-4-5-9-15(14)20/h4-11,21H,3,12H2,1-2H3. The molecular weight excluding hydrogens is 404 g/mol. The first-order chi connectivity index (χ1) is 12.9. The van der Waals surface area contributed by atoms with Crippen LogP contribution in [-0.4, -0.2) is 20.0 Å². The van der Waals surface area contributed by atoms with Crippen molar-refractivity contribution in [3.63, 3.8) is 0 Å². The lowest BCUT2D eigenvalue weighted by molar-refractivity contribution is 0.331. The monoisotopic (exact) mass is 422 g/mol. The van der Waals surface area contributed by atoms with Crippen molar-refractivity contribution in [3.05, 3.63) is 64.1 Å². The molecule has 5 nitrogen and oxygen atoms in total. The molecule has 1 aromatic heterocycles. The third-order valence-electron chi connectivity index (χ3n) is 3.86. The summed E-state index contributed by atoms with van der Waals surface area (Å²) < 4.78 is 33.5. The van der Waals surface area contributed by atoms with Crippen molar-refractivity contribution in [2.24, 2.45) is 0 Å². The topological polar surface area (TPSA) is 68.3 Å². The molecule has 0 saturated heterocycles. The number of ether oxygens (including phenoxy) is 1. The number of aromatic nitrogens is 1. The fourth-order valence-corrected chi connectivity index (χ4v) is 5.08. The Balaban J connectivity index is 1.82. The number of para-hydroxylation sites is 1. The highest BCUT2D eigenvalue weighted by Gasteiger charge is 2.20. The van der Waals surface area contributed by atoms with Crippen LogP contribution in [0, 0.1) is 6.92 Å². The van der Waals surface area contributed by atoms with Crippen LogP contribution in [0.5, 0.6) is 5.75 Å². The first-order valence-electron chi connectivity index (χ1n) is 8.35. The lowest BCUT2D eigenvalue weighted by Gasteiger charge is -2.11. The van der Waals surface area contributed by atoms with Gasteiger partial charge in [0.1, 0.15) is 15.7 Å². The average Bonchev–Trinajstić information content (AvgIpc) is 3.02. The number of hydrogen-bond acceptors (Lipinski definition) is 5. The van der Waals surface area contributed by atoms with Gasteiger partial charge in [-0.15, -0.1) is 11.3 Å². The molecule has 3 aromatic rings. The maximum atomic E-state index is 12.7. The predicted molar refractivity (Wildman–Crippen MR) is 109 cm³/mol. The van der Waals surface area contributed by atoms with Gasteiger partial charge in [0.05, 0.1) is 17.3 Å². The number of sulfonamides is 1. The average molecular weight is 423 g/mol. The smallest absolute Gasteiger partial charge is 0.244 e. The molecule has 0 atom stereocenters. The van der Waals surface area contributed by atoms with Crippen LogP contribution >= 0.6 is 22.9 Å². The van der Waals surface area contributed by atoms with Crippen LogP contribution in [0.15, 0.2) is 53.4 Å². The summed E-state index contributed by atoms with van der Waals surface area (Å²) in [7, 11) is -3.71. The van der Waals surface area contributed by atoms with Gasteiger partial charge in [0.15, 0.2) is 0 Å². The van der Waals surface area contributed by atoms with Crippen molar-refractivity contribution in [1.82, 2.24) is 9.71 Å². The van der Waals surface area contributed by atoms with Crippen molar-refractivity contribution in [3.8, 4) is 16.3 Å². The Morgan fingerprint density at radius 3 is 2.59 bits per heavy atom. The highest BCUT2D eigenvalue weighted by atomic mass is 35.5. The SMILES string of the molecule is CCOc1ccccc1S(=O)(=O)NCc1sc(-c2ccccc2Cl)nc1C. The number of nitrogens with one attached hydrogen (secondary N) is 1. The molecule has 1 heterocycles. The lowest BCUT2D eigenvalue weighted by atomic mass is 10.2. The van der Waals surface area contributed by atoms with Crippen molar-refractivity contribution in [2.75, 3.05) is 6.61 Å². The number of thiazole rings is 1. The van der Waals surface area contributed by atoms with Gasteiger partial charge in [-0.2, -0.15) is 0 Å². The van der Waals surface area contributed by atoms with Gasteiger partial charge in [-0.05, 0) is 32.0 Å². The number of nitrogens with zero attached hydrogens (tertiary/aromatic N) is 1. The Labute approximate surface area is 168 Å². The zero-order valence-electron chi connectivity index (χ0n) is 14.9. The fourth-order valence-electron chi connectivity index (χ4n) is 2.53. The molecule has 0 aliphatic heterocycles. The third-order valence-corrected chi connectivity index (χ3v) is 6.82. The number of benzene rings is 2. The Hall–Kier alpha value is -1.93. The van der Waals surface area contributed by atoms with Crippen molar-refractivity contribution < 1.29 is 13.2 Å². The summed E-state index contributed by atoms with van der Waals surface area (Å²) in [5, 5.41) is 1.38. The zero-order valence-corrected chi connectivity index (χ0v) is 17.3. The quantitative estimate of drug-likeness (QED) is 0.601. The van der Waals surface area contributed by atoms with E-state index in [4.69, 9.17) is 16.3 Å². The molecule has 0 saturated carbocycles. The highest BCUT2D eigenvalue weighted by molar-refractivity contribution is 7.89. The molecule has 0 bridgehead atoms. The molecule has 8 heteroatoms. The molecule has 3 rings (SSSR count). The molecular formula is C19H19ClN2O3S2. The zero-order chi connectivity index (χ0) is 19.4. The second kappa shape index (κ2) is 8.39. The van der Waals surface area contributed by atoms with E-state index >= 15 is 0 Å². The summed E-state index contributed by atoms with van der Waals surface area (Å²) in [5.74, 6) is 0.338. The molecule has 1 N–H and O–H groups in total. The summed E-state index contributed by atoms with van der Waals surface area (Å²) in [6.45, 7) is 4.21. The van der Waals surface area contributed by atoms with Crippen LogP contribution in [0.3, 0.4) is 0 Å². The molecule has 0 unspecified atom stereocenters. The Kier molecular flexibility index (Phi) is 6.16. The van der Waals surface area contributed by atoms with Crippen LogP contribution in [0.4, 0.5) is 0 Å². The van der Waals surface area contributed by atoms with Gasteiger partial charge in [-0.1, -0.05) is 41.9 Å². The van der Waals surface area contributed by atoms with Crippen LogP contribution in [0.1, 0.15) is 17.5 Å². The molecule has 27 heavy (non-hydrogen) atoms. The summed E-state index contributed by atoms with van der Waals surface area (Å²) in [5.41, 5.74) is 1.61. The molecule has 0 radical (unpaired) electrons. The Morgan fingerprint density at radius 2 is 1.85 bits per heavy atom. The summed E-state index contributed by atoms with van der Waals surface area (Å²) in [6, 6.07) is 14.0. The summed E-state index contributed by atoms with van der Waals surface area (Å²) >= 11 is 7.66. The van der Waals surface area contributed by atoms with E-state index in [1.807, 2.05) is 32.0 Å². The molecule has 0 fully saturated rings. The fraction of sp³-hybridized carbons (Fsp3) is 0.211. The van der Waals surface area contributed by atoms with E-state index in [2.05, 4.69) is 9.71 Å². The van der Waals surface area contributed by atoms with E-state index in [-0.39, 0.29) is 11.4 Å². The normalized spacial score (nSPS) is 11.5.